The fourth-order valence-electron chi connectivity index (χ4n) is 2.48. The molecule has 0 spiro atoms. The van der Waals surface area contributed by atoms with E-state index in [2.05, 4.69) is 10.1 Å². The number of halogens is 1. The predicted molar refractivity (Wildman–Crippen MR) is 72.2 cm³/mol. The molecular formula is C13H15ClN4O. The van der Waals surface area contributed by atoms with Gasteiger partial charge in [0.2, 0.25) is 0 Å². The van der Waals surface area contributed by atoms with Gasteiger partial charge in [-0.3, -0.25) is 9.48 Å². The highest BCUT2D eigenvalue weighted by molar-refractivity contribution is 6.30. The maximum atomic E-state index is 12.2. The van der Waals surface area contributed by atoms with Gasteiger partial charge in [0.15, 0.2) is 0 Å². The molecule has 0 saturated carbocycles. The molecule has 100 valence electrons. The summed E-state index contributed by atoms with van der Waals surface area (Å²) in [5, 5.41) is 4.89. The summed E-state index contributed by atoms with van der Waals surface area (Å²) >= 11 is 5.87. The Balaban J connectivity index is 1.62. The molecule has 19 heavy (non-hydrogen) atoms. The van der Waals surface area contributed by atoms with E-state index < -0.39 is 0 Å². The van der Waals surface area contributed by atoms with Crippen LogP contribution in [0.15, 0.2) is 30.7 Å². The Morgan fingerprint density at radius 2 is 2.21 bits per heavy atom. The minimum atomic E-state index is 0.0712. The van der Waals surface area contributed by atoms with Crippen molar-refractivity contribution in [3.05, 3.63) is 41.4 Å². The molecule has 6 heteroatoms. The number of hydrogen-bond acceptors (Lipinski definition) is 2. The Hall–Kier alpha value is -1.75. The Morgan fingerprint density at radius 1 is 1.42 bits per heavy atom. The number of nitrogens with one attached hydrogen (secondary N) is 1. The molecule has 0 aromatic carbocycles. The second-order valence-corrected chi connectivity index (χ2v) is 5.18. The molecule has 2 aromatic rings. The molecule has 1 N–H and O–H groups in total. The van der Waals surface area contributed by atoms with Gasteiger partial charge in [0.1, 0.15) is 5.69 Å². The monoisotopic (exact) mass is 278 g/mol. The smallest absolute Gasteiger partial charge is 0.270 e. The van der Waals surface area contributed by atoms with Crippen molar-refractivity contribution in [2.45, 2.75) is 18.9 Å². The molecule has 5 nitrogen and oxygen atoms in total. The van der Waals surface area contributed by atoms with Crippen LogP contribution in [0, 0.1) is 0 Å². The van der Waals surface area contributed by atoms with Gasteiger partial charge in [-0.15, -0.1) is 0 Å². The number of aromatic amines is 1. The minimum absolute atomic E-state index is 0.0712. The number of carbonyl (C=O) groups excluding carboxylic acids is 1. The summed E-state index contributed by atoms with van der Waals surface area (Å²) in [6.45, 7) is 1.50. The number of hydrogen-bond donors (Lipinski definition) is 1. The number of carbonyl (C=O) groups is 1. The fourth-order valence-corrected chi connectivity index (χ4v) is 2.63. The first-order chi connectivity index (χ1) is 9.24. The Kier molecular flexibility index (Phi) is 3.29. The fraction of sp³-hybridized carbons (Fsp3) is 0.385. The first kappa shape index (κ1) is 12.3. The first-order valence-electron chi connectivity index (χ1n) is 6.36. The van der Waals surface area contributed by atoms with Crippen molar-refractivity contribution in [3.8, 4) is 0 Å². The lowest BCUT2D eigenvalue weighted by Gasteiger charge is -2.31. The van der Waals surface area contributed by atoms with Crippen LogP contribution in [0.25, 0.3) is 0 Å². The number of amides is 1. The highest BCUT2D eigenvalue weighted by atomic mass is 35.5. The number of aromatic nitrogens is 3. The van der Waals surface area contributed by atoms with Crippen LogP contribution in [0.4, 0.5) is 0 Å². The van der Waals surface area contributed by atoms with Crippen LogP contribution in [0.5, 0.6) is 0 Å². The summed E-state index contributed by atoms with van der Waals surface area (Å²) in [7, 11) is 0. The van der Waals surface area contributed by atoms with Gasteiger partial charge in [0, 0.05) is 25.5 Å². The number of likely N-dealkylation sites (tertiary alicyclic amines) is 1. The molecular weight excluding hydrogens is 264 g/mol. The average Bonchev–Trinajstić information content (AvgIpc) is 3.09. The van der Waals surface area contributed by atoms with Gasteiger partial charge in [-0.2, -0.15) is 5.10 Å². The van der Waals surface area contributed by atoms with Crippen molar-refractivity contribution in [3.63, 3.8) is 0 Å². The average molecular weight is 279 g/mol. The summed E-state index contributed by atoms with van der Waals surface area (Å²) in [5.41, 5.74) is 0.653. The third-order valence-corrected chi connectivity index (χ3v) is 3.72. The second-order valence-electron chi connectivity index (χ2n) is 4.75. The molecule has 3 heterocycles. The van der Waals surface area contributed by atoms with Crippen molar-refractivity contribution < 1.29 is 4.79 Å². The molecule has 1 fully saturated rings. The van der Waals surface area contributed by atoms with E-state index in [4.69, 9.17) is 11.6 Å². The van der Waals surface area contributed by atoms with Gasteiger partial charge >= 0.3 is 0 Å². The standard InChI is InChI=1S/C13H15ClN4O/c14-10-8-16-18(9-10)11-3-6-17(7-4-11)13(19)12-2-1-5-15-12/h1-2,5,8-9,11,15H,3-4,6-7H2. The van der Waals surface area contributed by atoms with Gasteiger partial charge in [-0.1, -0.05) is 11.6 Å². The van der Waals surface area contributed by atoms with Gasteiger partial charge in [-0.25, -0.2) is 0 Å². The predicted octanol–water partition coefficient (Wildman–Crippen LogP) is 2.34. The minimum Gasteiger partial charge on any atom is -0.357 e. The van der Waals surface area contributed by atoms with E-state index in [0.29, 0.717) is 16.8 Å². The summed E-state index contributed by atoms with van der Waals surface area (Å²) in [6, 6.07) is 3.98. The molecule has 0 aliphatic carbocycles. The van der Waals surface area contributed by atoms with Crippen LogP contribution in [0.1, 0.15) is 29.4 Å². The molecule has 0 bridgehead atoms. The second kappa shape index (κ2) is 5.09. The largest absolute Gasteiger partial charge is 0.357 e. The van der Waals surface area contributed by atoms with Crippen LogP contribution in [-0.4, -0.2) is 38.7 Å². The van der Waals surface area contributed by atoms with Crippen LogP contribution >= 0.6 is 11.6 Å². The molecule has 0 atom stereocenters. The van der Waals surface area contributed by atoms with Gasteiger partial charge in [0.25, 0.3) is 5.91 Å². The van der Waals surface area contributed by atoms with E-state index in [-0.39, 0.29) is 5.91 Å². The number of nitrogens with zero attached hydrogens (tertiary/aromatic N) is 3. The number of piperidine rings is 1. The number of H-pyrrole nitrogens is 1. The van der Waals surface area contributed by atoms with E-state index in [0.717, 1.165) is 25.9 Å². The molecule has 0 unspecified atom stereocenters. The Morgan fingerprint density at radius 3 is 2.79 bits per heavy atom. The van der Waals surface area contributed by atoms with Crippen molar-refractivity contribution in [2.75, 3.05) is 13.1 Å². The van der Waals surface area contributed by atoms with Gasteiger partial charge in [0.05, 0.1) is 17.3 Å². The molecule has 0 radical (unpaired) electrons. The topological polar surface area (TPSA) is 53.9 Å². The van der Waals surface area contributed by atoms with Crippen molar-refractivity contribution in [1.29, 1.82) is 0 Å². The van der Waals surface area contributed by atoms with E-state index in [1.165, 1.54) is 0 Å². The molecule has 2 aromatic heterocycles. The zero-order chi connectivity index (χ0) is 13.2. The first-order valence-corrected chi connectivity index (χ1v) is 6.74. The normalized spacial score (nSPS) is 16.8. The van der Waals surface area contributed by atoms with Crippen LogP contribution in [0.2, 0.25) is 5.02 Å². The van der Waals surface area contributed by atoms with Crippen molar-refractivity contribution >= 4 is 17.5 Å². The van der Waals surface area contributed by atoms with E-state index in [9.17, 15) is 4.79 Å². The molecule has 1 amide bonds. The molecule has 1 aliphatic heterocycles. The molecule has 1 aliphatic rings. The SMILES string of the molecule is O=C(c1ccc[nH]1)N1CCC(n2cc(Cl)cn2)CC1. The lowest BCUT2D eigenvalue weighted by atomic mass is 10.1. The number of rotatable bonds is 2. The third kappa shape index (κ3) is 2.51. The maximum Gasteiger partial charge on any atom is 0.270 e. The van der Waals surface area contributed by atoms with Gasteiger partial charge in [-0.05, 0) is 25.0 Å². The Bertz CT molecular complexity index is 555. The van der Waals surface area contributed by atoms with Crippen molar-refractivity contribution in [1.82, 2.24) is 19.7 Å². The zero-order valence-corrected chi connectivity index (χ0v) is 11.2. The summed E-state index contributed by atoms with van der Waals surface area (Å²) in [4.78, 5) is 17.0. The maximum absolute atomic E-state index is 12.2. The van der Waals surface area contributed by atoms with Crippen LogP contribution in [0.3, 0.4) is 0 Å². The van der Waals surface area contributed by atoms with E-state index in [1.54, 1.807) is 12.4 Å². The Labute approximate surface area is 116 Å². The van der Waals surface area contributed by atoms with E-state index in [1.807, 2.05) is 27.9 Å². The highest BCUT2D eigenvalue weighted by Gasteiger charge is 2.25. The lowest BCUT2D eigenvalue weighted by molar-refractivity contribution is 0.0684. The van der Waals surface area contributed by atoms with Crippen LogP contribution < -0.4 is 0 Å². The highest BCUT2D eigenvalue weighted by Crippen LogP contribution is 2.23. The van der Waals surface area contributed by atoms with Crippen molar-refractivity contribution in [2.24, 2.45) is 0 Å². The summed E-state index contributed by atoms with van der Waals surface area (Å²) < 4.78 is 1.90. The quantitative estimate of drug-likeness (QED) is 0.917. The summed E-state index contributed by atoms with van der Waals surface area (Å²) in [6.07, 6.45) is 7.08. The molecule has 3 rings (SSSR count). The van der Waals surface area contributed by atoms with E-state index >= 15 is 0 Å². The zero-order valence-electron chi connectivity index (χ0n) is 10.4. The summed E-state index contributed by atoms with van der Waals surface area (Å²) in [5.74, 6) is 0.0712. The van der Waals surface area contributed by atoms with Crippen LogP contribution in [-0.2, 0) is 0 Å². The molecule has 1 saturated heterocycles. The third-order valence-electron chi connectivity index (χ3n) is 3.52. The lowest BCUT2D eigenvalue weighted by Crippen LogP contribution is -2.39. The van der Waals surface area contributed by atoms with Gasteiger partial charge < -0.3 is 9.88 Å².